The van der Waals surface area contributed by atoms with Crippen molar-refractivity contribution in [3.8, 4) is 0 Å². The van der Waals surface area contributed by atoms with Gasteiger partial charge in [-0.2, -0.15) is 0 Å². The molecule has 0 radical (unpaired) electrons. The summed E-state index contributed by atoms with van der Waals surface area (Å²) in [6.45, 7) is 1.76. The third kappa shape index (κ3) is 4.65. The average molecular weight is 332 g/mol. The lowest BCUT2D eigenvalue weighted by atomic mass is 10.1. The quantitative estimate of drug-likeness (QED) is 0.824. The summed E-state index contributed by atoms with van der Waals surface area (Å²) in [7, 11) is 1.33. The van der Waals surface area contributed by atoms with Gasteiger partial charge in [-0.1, -0.05) is 12.1 Å². The second-order valence-corrected chi connectivity index (χ2v) is 5.80. The lowest BCUT2D eigenvalue weighted by Gasteiger charge is -2.05. The van der Waals surface area contributed by atoms with Crippen molar-refractivity contribution in [2.45, 2.75) is 13.5 Å². The molecule has 0 saturated heterocycles. The zero-order valence-corrected chi connectivity index (χ0v) is 13.5. The van der Waals surface area contributed by atoms with E-state index in [1.807, 2.05) is 0 Å². The van der Waals surface area contributed by atoms with E-state index in [2.05, 4.69) is 15.4 Å². The molecule has 0 spiro atoms. The Morgan fingerprint density at radius 3 is 2.39 bits per heavy atom. The largest absolute Gasteiger partial charge is 0.465 e. The molecule has 2 amide bonds. The van der Waals surface area contributed by atoms with Crippen LogP contribution in [0.5, 0.6) is 0 Å². The van der Waals surface area contributed by atoms with E-state index in [9.17, 15) is 14.4 Å². The van der Waals surface area contributed by atoms with Gasteiger partial charge in [0.05, 0.1) is 22.6 Å². The zero-order chi connectivity index (χ0) is 16.8. The molecule has 0 atom stereocenters. The van der Waals surface area contributed by atoms with Crippen molar-refractivity contribution in [3.05, 3.63) is 52.4 Å². The van der Waals surface area contributed by atoms with Crippen molar-refractivity contribution in [3.63, 3.8) is 0 Å². The Hall–Kier alpha value is -2.67. The van der Waals surface area contributed by atoms with Crippen molar-refractivity contribution < 1.29 is 19.1 Å². The Labute approximate surface area is 137 Å². The molecule has 7 heteroatoms. The van der Waals surface area contributed by atoms with Crippen molar-refractivity contribution in [2.24, 2.45) is 0 Å². The van der Waals surface area contributed by atoms with E-state index in [1.54, 1.807) is 36.4 Å². The predicted molar refractivity (Wildman–Crippen MR) is 87.6 cm³/mol. The van der Waals surface area contributed by atoms with Crippen LogP contribution in [0.1, 0.15) is 32.5 Å². The topological polar surface area (TPSA) is 84.5 Å². The Bertz CT molecular complexity index is 722. The molecule has 1 aromatic heterocycles. The van der Waals surface area contributed by atoms with Crippen LogP contribution in [0.4, 0.5) is 5.00 Å². The van der Waals surface area contributed by atoms with Crippen molar-refractivity contribution in [2.75, 3.05) is 12.4 Å². The highest BCUT2D eigenvalue weighted by atomic mass is 32.1. The van der Waals surface area contributed by atoms with E-state index < -0.39 is 5.97 Å². The highest BCUT2D eigenvalue weighted by Crippen LogP contribution is 2.21. The number of carbonyl (C=O) groups excluding carboxylic acids is 3. The monoisotopic (exact) mass is 332 g/mol. The van der Waals surface area contributed by atoms with E-state index in [1.165, 1.54) is 25.4 Å². The standard InChI is InChI=1S/C16H16N2O4S/c1-10(19)18-14-8-7-13(23-14)15(20)17-9-11-3-5-12(6-4-11)16(21)22-2/h3-8H,9H2,1-2H3,(H,17,20)(H,18,19). The van der Waals surface area contributed by atoms with Crippen molar-refractivity contribution in [1.29, 1.82) is 0 Å². The van der Waals surface area contributed by atoms with Crippen molar-refractivity contribution in [1.82, 2.24) is 5.32 Å². The third-order valence-electron chi connectivity index (χ3n) is 2.96. The summed E-state index contributed by atoms with van der Waals surface area (Å²) >= 11 is 1.21. The van der Waals surface area contributed by atoms with Gasteiger partial charge in [-0.15, -0.1) is 11.3 Å². The second kappa shape index (κ2) is 7.55. The van der Waals surface area contributed by atoms with E-state index in [4.69, 9.17) is 0 Å². The van der Waals surface area contributed by atoms with E-state index in [0.29, 0.717) is 22.0 Å². The van der Waals surface area contributed by atoms with Crippen LogP contribution in [-0.4, -0.2) is 24.9 Å². The lowest BCUT2D eigenvalue weighted by molar-refractivity contribution is -0.114. The summed E-state index contributed by atoms with van der Waals surface area (Å²) in [6.07, 6.45) is 0. The Balaban J connectivity index is 1.92. The van der Waals surface area contributed by atoms with Gasteiger partial charge in [0.25, 0.3) is 5.91 Å². The van der Waals surface area contributed by atoms with Gasteiger partial charge in [0.2, 0.25) is 5.91 Å². The maximum Gasteiger partial charge on any atom is 0.337 e. The minimum atomic E-state index is -0.398. The molecular weight excluding hydrogens is 316 g/mol. The fourth-order valence-corrected chi connectivity index (χ4v) is 2.72. The van der Waals surface area contributed by atoms with Gasteiger partial charge in [0, 0.05) is 13.5 Å². The number of ether oxygens (including phenoxy) is 1. The molecule has 2 N–H and O–H groups in total. The van der Waals surface area contributed by atoms with Gasteiger partial charge in [-0.05, 0) is 29.8 Å². The average Bonchev–Trinajstić information content (AvgIpc) is 3.00. The minimum Gasteiger partial charge on any atom is -0.465 e. The number of carbonyl (C=O) groups is 3. The van der Waals surface area contributed by atoms with Crippen LogP contribution in [-0.2, 0) is 16.1 Å². The predicted octanol–water partition coefficient (Wildman–Crippen LogP) is 2.42. The van der Waals surface area contributed by atoms with Gasteiger partial charge in [-0.25, -0.2) is 4.79 Å². The van der Waals surface area contributed by atoms with Gasteiger partial charge in [-0.3, -0.25) is 9.59 Å². The summed E-state index contributed by atoms with van der Waals surface area (Å²) < 4.78 is 4.62. The molecule has 120 valence electrons. The first kappa shape index (κ1) is 16.7. The molecule has 0 bridgehead atoms. The Kier molecular flexibility index (Phi) is 5.48. The SMILES string of the molecule is COC(=O)c1ccc(CNC(=O)c2ccc(NC(C)=O)s2)cc1. The number of anilines is 1. The van der Waals surface area contributed by atoms with Crippen LogP contribution in [0, 0.1) is 0 Å². The first-order valence-electron chi connectivity index (χ1n) is 6.82. The number of rotatable bonds is 5. The first-order chi connectivity index (χ1) is 11.0. The molecule has 0 aliphatic rings. The van der Waals surface area contributed by atoms with Crippen LogP contribution >= 0.6 is 11.3 Å². The summed E-state index contributed by atoms with van der Waals surface area (Å²) in [6, 6.07) is 10.1. The van der Waals surface area contributed by atoms with Crippen LogP contribution < -0.4 is 10.6 Å². The highest BCUT2D eigenvalue weighted by molar-refractivity contribution is 7.18. The van der Waals surface area contributed by atoms with Crippen LogP contribution in [0.15, 0.2) is 36.4 Å². The molecule has 0 unspecified atom stereocenters. The van der Waals surface area contributed by atoms with E-state index >= 15 is 0 Å². The highest BCUT2D eigenvalue weighted by Gasteiger charge is 2.10. The third-order valence-corrected chi connectivity index (χ3v) is 3.96. The number of esters is 1. The number of thiophene rings is 1. The normalized spacial score (nSPS) is 10.0. The molecule has 0 aliphatic carbocycles. The number of nitrogens with one attached hydrogen (secondary N) is 2. The molecule has 1 heterocycles. The minimum absolute atomic E-state index is 0.176. The molecule has 2 rings (SSSR count). The molecule has 0 fully saturated rings. The van der Waals surface area contributed by atoms with Gasteiger partial charge >= 0.3 is 5.97 Å². The number of methoxy groups -OCH3 is 1. The molecule has 6 nitrogen and oxygen atoms in total. The van der Waals surface area contributed by atoms with Gasteiger partial charge < -0.3 is 15.4 Å². The second-order valence-electron chi connectivity index (χ2n) is 4.72. The van der Waals surface area contributed by atoms with Gasteiger partial charge in [0.15, 0.2) is 0 Å². The summed E-state index contributed by atoms with van der Waals surface area (Å²) in [5.74, 6) is -0.794. The Morgan fingerprint density at radius 2 is 1.78 bits per heavy atom. The maximum atomic E-state index is 12.1. The summed E-state index contributed by atoms with van der Waals surface area (Å²) in [5.41, 5.74) is 1.32. The first-order valence-corrected chi connectivity index (χ1v) is 7.64. The number of hydrogen-bond donors (Lipinski definition) is 2. The molecule has 1 aromatic carbocycles. The molecule has 2 aromatic rings. The molecule has 0 saturated carbocycles. The lowest BCUT2D eigenvalue weighted by Crippen LogP contribution is -2.21. The molecule has 0 aliphatic heterocycles. The molecule has 23 heavy (non-hydrogen) atoms. The number of hydrogen-bond acceptors (Lipinski definition) is 5. The number of amides is 2. The van der Waals surface area contributed by atoms with Crippen molar-refractivity contribution >= 4 is 34.1 Å². The summed E-state index contributed by atoms with van der Waals surface area (Å²) in [4.78, 5) is 34.9. The molecular formula is C16H16N2O4S. The summed E-state index contributed by atoms with van der Waals surface area (Å²) in [5, 5.41) is 6.05. The Morgan fingerprint density at radius 1 is 1.09 bits per heavy atom. The maximum absolute atomic E-state index is 12.1. The van der Waals surface area contributed by atoms with Gasteiger partial charge in [0.1, 0.15) is 0 Å². The zero-order valence-electron chi connectivity index (χ0n) is 12.7. The van der Waals surface area contributed by atoms with E-state index in [-0.39, 0.29) is 11.8 Å². The van der Waals surface area contributed by atoms with Crippen LogP contribution in [0.2, 0.25) is 0 Å². The fourth-order valence-electron chi connectivity index (χ4n) is 1.85. The fraction of sp³-hybridized carbons (Fsp3) is 0.188. The van der Waals surface area contributed by atoms with Crippen LogP contribution in [0.3, 0.4) is 0 Å². The number of benzene rings is 1. The van der Waals surface area contributed by atoms with Crippen LogP contribution in [0.25, 0.3) is 0 Å². The van der Waals surface area contributed by atoms with E-state index in [0.717, 1.165) is 5.56 Å². The smallest absolute Gasteiger partial charge is 0.337 e.